The monoisotopic (exact) mass is 430 g/mol. The number of esters is 1. The summed E-state index contributed by atoms with van der Waals surface area (Å²) < 4.78 is 34.8. The van der Waals surface area contributed by atoms with Crippen LogP contribution in [0.15, 0.2) is 46.7 Å². The number of benzene rings is 2. The molecule has 0 bridgehead atoms. The molecule has 0 atom stereocenters. The van der Waals surface area contributed by atoms with E-state index in [2.05, 4.69) is 11.8 Å². The van der Waals surface area contributed by atoms with Crippen LogP contribution in [0.3, 0.4) is 0 Å². The molecule has 0 amide bonds. The second-order valence-corrected chi connectivity index (χ2v) is 9.60. The van der Waals surface area contributed by atoms with Crippen molar-refractivity contribution < 1.29 is 22.7 Å². The van der Waals surface area contributed by atoms with Crippen LogP contribution < -0.4 is 4.74 Å². The van der Waals surface area contributed by atoms with Crippen molar-refractivity contribution in [3.8, 4) is 17.6 Å². The van der Waals surface area contributed by atoms with Crippen LogP contribution in [0.5, 0.6) is 5.75 Å². The van der Waals surface area contributed by atoms with Crippen LogP contribution >= 0.6 is 11.6 Å². The van der Waals surface area contributed by atoms with Gasteiger partial charge in [0.15, 0.2) is 16.4 Å². The maximum atomic E-state index is 12.0. The van der Waals surface area contributed by atoms with E-state index < -0.39 is 21.4 Å². The van der Waals surface area contributed by atoms with Crippen molar-refractivity contribution >= 4 is 33.5 Å². The maximum Gasteiger partial charge on any atom is 0.344 e. The smallest absolute Gasteiger partial charge is 0.344 e. The van der Waals surface area contributed by atoms with Crippen LogP contribution in [0.1, 0.15) is 37.5 Å². The van der Waals surface area contributed by atoms with Crippen molar-refractivity contribution in [2.45, 2.75) is 31.3 Å². The summed E-state index contributed by atoms with van der Waals surface area (Å²) in [6.07, 6.45) is 1.56. The van der Waals surface area contributed by atoms with Crippen molar-refractivity contribution in [2.75, 3.05) is 6.61 Å². The number of ether oxygens (including phenoxy) is 2. The Bertz CT molecular complexity index is 1160. The summed E-state index contributed by atoms with van der Waals surface area (Å²) in [7, 11) is -3.40. The summed E-state index contributed by atoms with van der Waals surface area (Å²) >= 11 is 6.06. The normalized spacial score (nSPS) is 13.9. The molecule has 0 radical (unpaired) electrons. The number of hydrogen-bond acceptors (Lipinski definition) is 5. The van der Waals surface area contributed by atoms with E-state index >= 15 is 0 Å². The molecule has 2 aromatic carbocycles. The zero-order valence-electron chi connectivity index (χ0n) is 16.2. The van der Waals surface area contributed by atoms with Gasteiger partial charge in [0.25, 0.3) is 0 Å². The zero-order chi connectivity index (χ0) is 21.2. The standard InChI is InChI=1S/C22H19ClO5S/c1-22(2,3)28-21(24)14-27-19-9-8-18(23)13-17(19)7-5-15-4-6-16-10-11-29(25,26)20(16)12-15/h4,6,8-13H,14H2,1-3H3. The van der Waals surface area contributed by atoms with Gasteiger partial charge in [0.1, 0.15) is 11.4 Å². The van der Waals surface area contributed by atoms with Gasteiger partial charge in [-0.15, -0.1) is 0 Å². The summed E-state index contributed by atoms with van der Waals surface area (Å²) in [6.45, 7) is 5.06. The maximum absolute atomic E-state index is 12.0. The largest absolute Gasteiger partial charge is 0.481 e. The summed E-state index contributed by atoms with van der Waals surface area (Å²) in [5, 5.41) is 1.63. The Morgan fingerprint density at radius 1 is 1.10 bits per heavy atom. The molecule has 150 valence electrons. The molecule has 0 aromatic heterocycles. The number of hydrogen-bond donors (Lipinski definition) is 0. The van der Waals surface area contributed by atoms with Crippen LogP contribution in [-0.4, -0.2) is 26.6 Å². The summed E-state index contributed by atoms with van der Waals surface area (Å²) in [5.74, 6) is 5.74. The third kappa shape index (κ3) is 5.41. The first-order chi connectivity index (χ1) is 13.5. The van der Waals surface area contributed by atoms with Gasteiger partial charge in [0, 0.05) is 16.0 Å². The number of sulfone groups is 1. The quantitative estimate of drug-likeness (QED) is 0.538. The Hall–Kier alpha value is -2.75. The number of carbonyl (C=O) groups is 1. The zero-order valence-corrected chi connectivity index (χ0v) is 17.7. The molecule has 0 saturated heterocycles. The Morgan fingerprint density at radius 3 is 2.59 bits per heavy atom. The van der Waals surface area contributed by atoms with Gasteiger partial charge >= 0.3 is 5.97 Å². The van der Waals surface area contributed by atoms with E-state index in [4.69, 9.17) is 21.1 Å². The lowest BCUT2D eigenvalue weighted by atomic mass is 10.1. The van der Waals surface area contributed by atoms with E-state index in [1.54, 1.807) is 57.2 Å². The van der Waals surface area contributed by atoms with Gasteiger partial charge < -0.3 is 9.47 Å². The molecule has 1 heterocycles. The third-order valence-electron chi connectivity index (χ3n) is 3.80. The summed E-state index contributed by atoms with van der Waals surface area (Å²) in [6, 6.07) is 9.84. The highest BCUT2D eigenvalue weighted by Gasteiger charge is 2.20. The van der Waals surface area contributed by atoms with Crippen molar-refractivity contribution in [3.05, 3.63) is 63.5 Å². The molecule has 0 saturated carbocycles. The van der Waals surface area contributed by atoms with Gasteiger partial charge in [-0.1, -0.05) is 29.5 Å². The number of rotatable bonds is 3. The number of carbonyl (C=O) groups excluding carboxylic acids is 1. The van der Waals surface area contributed by atoms with Crippen LogP contribution in [0, 0.1) is 11.8 Å². The third-order valence-corrected chi connectivity index (χ3v) is 5.49. The minimum Gasteiger partial charge on any atom is -0.481 e. The minimum atomic E-state index is -3.40. The molecule has 1 aliphatic rings. The lowest BCUT2D eigenvalue weighted by molar-refractivity contribution is -0.157. The second-order valence-electron chi connectivity index (χ2n) is 7.37. The van der Waals surface area contributed by atoms with E-state index in [1.807, 2.05) is 0 Å². The van der Waals surface area contributed by atoms with Crippen molar-refractivity contribution in [1.29, 1.82) is 0 Å². The molecule has 1 aliphatic heterocycles. The van der Waals surface area contributed by atoms with Crippen LogP contribution in [0.4, 0.5) is 0 Å². The first-order valence-corrected chi connectivity index (χ1v) is 10.7. The van der Waals surface area contributed by atoms with Crippen molar-refractivity contribution in [2.24, 2.45) is 0 Å². The Morgan fingerprint density at radius 2 is 1.86 bits per heavy atom. The number of halogens is 1. The molecular formula is C22H19ClO5S. The van der Waals surface area contributed by atoms with Gasteiger partial charge in [0.2, 0.25) is 0 Å². The molecule has 3 rings (SSSR count). The minimum absolute atomic E-state index is 0.233. The molecule has 2 aromatic rings. The second kappa shape index (κ2) is 7.94. The Labute approximate surface area is 175 Å². The Kier molecular flexibility index (Phi) is 5.74. The molecule has 0 N–H and O–H groups in total. The molecule has 0 spiro atoms. The molecule has 29 heavy (non-hydrogen) atoms. The van der Waals surface area contributed by atoms with E-state index in [9.17, 15) is 13.2 Å². The molecule has 0 unspecified atom stereocenters. The van der Waals surface area contributed by atoms with Crippen LogP contribution in [-0.2, 0) is 19.4 Å². The average Bonchev–Trinajstić information content (AvgIpc) is 2.92. The first kappa shape index (κ1) is 21.0. The van der Waals surface area contributed by atoms with E-state index in [0.717, 1.165) is 0 Å². The highest BCUT2D eigenvalue weighted by atomic mass is 35.5. The van der Waals surface area contributed by atoms with Gasteiger partial charge in [-0.25, -0.2) is 13.2 Å². The lowest BCUT2D eigenvalue weighted by Gasteiger charge is -2.19. The van der Waals surface area contributed by atoms with E-state index in [-0.39, 0.29) is 11.5 Å². The average molecular weight is 431 g/mol. The summed E-state index contributed by atoms with van der Waals surface area (Å²) in [5.41, 5.74) is 1.04. The van der Waals surface area contributed by atoms with Gasteiger partial charge in [-0.05, 0) is 62.7 Å². The topological polar surface area (TPSA) is 69.7 Å². The van der Waals surface area contributed by atoms with Crippen molar-refractivity contribution in [3.63, 3.8) is 0 Å². The predicted molar refractivity (Wildman–Crippen MR) is 111 cm³/mol. The SMILES string of the molecule is CC(C)(C)OC(=O)COc1ccc(Cl)cc1C#Cc1ccc2c(c1)S(=O)(=O)C=C2. The van der Waals surface area contributed by atoms with Gasteiger partial charge in [-0.3, -0.25) is 0 Å². The summed E-state index contributed by atoms with van der Waals surface area (Å²) in [4.78, 5) is 12.1. The molecular weight excluding hydrogens is 412 g/mol. The first-order valence-electron chi connectivity index (χ1n) is 8.77. The molecule has 0 fully saturated rings. The highest BCUT2D eigenvalue weighted by molar-refractivity contribution is 7.94. The molecule has 5 nitrogen and oxygen atoms in total. The van der Waals surface area contributed by atoms with E-state index in [1.165, 1.54) is 11.5 Å². The Balaban J connectivity index is 1.83. The lowest BCUT2D eigenvalue weighted by Crippen LogP contribution is -2.27. The molecule has 0 aliphatic carbocycles. The van der Waals surface area contributed by atoms with E-state index in [0.29, 0.717) is 27.5 Å². The van der Waals surface area contributed by atoms with Gasteiger partial charge in [0.05, 0.1) is 10.5 Å². The fourth-order valence-corrected chi connectivity index (χ4v) is 4.01. The van der Waals surface area contributed by atoms with Crippen LogP contribution in [0.2, 0.25) is 5.02 Å². The van der Waals surface area contributed by atoms with Crippen LogP contribution in [0.25, 0.3) is 6.08 Å². The highest BCUT2D eigenvalue weighted by Crippen LogP contribution is 2.27. The fraction of sp³-hybridized carbons (Fsp3) is 0.227. The predicted octanol–water partition coefficient (Wildman–Crippen LogP) is 4.22. The van der Waals surface area contributed by atoms with Gasteiger partial charge in [-0.2, -0.15) is 0 Å². The number of fused-ring (bicyclic) bond motifs is 1. The fourth-order valence-electron chi connectivity index (χ4n) is 2.61. The van der Waals surface area contributed by atoms with Crippen molar-refractivity contribution in [1.82, 2.24) is 0 Å². The molecule has 7 heteroatoms.